The number of hydrogen-bond donors (Lipinski definition) is 1. The van der Waals surface area contributed by atoms with Gasteiger partial charge in [0.1, 0.15) is 6.61 Å². The summed E-state index contributed by atoms with van der Waals surface area (Å²) in [5.41, 5.74) is 6.46. The number of nitrogens with two attached hydrogens (primary N) is 1. The minimum absolute atomic E-state index is 0.0594. The van der Waals surface area contributed by atoms with Gasteiger partial charge < -0.3 is 15.4 Å². The van der Waals surface area contributed by atoms with Crippen molar-refractivity contribution in [1.29, 1.82) is 0 Å². The molecule has 5 heteroatoms. The van der Waals surface area contributed by atoms with E-state index >= 15 is 0 Å². The predicted molar refractivity (Wildman–Crippen MR) is 79.8 cm³/mol. The normalized spacial score (nSPS) is 11.9. The molecule has 2 N–H and O–H groups in total. The lowest BCUT2D eigenvalue weighted by atomic mass is 10.1. The van der Waals surface area contributed by atoms with Crippen LogP contribution in [0.5, 0.6) is 0 Å². The summed E-state index contributed by atoms with van der Waals surface area (Å²) in [5.74, 6) is -0.0703. The molecule has 0 aromatic heterocycles. The van der Waals surface area contributed by atoms with Crippen LogP contribution in [-0.2, 0) is 9.53 Å². The zero-order valence-electron chi connectivity index (χ0n) is 11.3. The quantitative estimate of drug-likeness (QED) is 0.775. The van der Waals surface area contributed by atoms with Gasteiger partial charge >= 0.3 is 0 Å². The molecule has 0 aliphatic rings. The molecule has 1 atom stereocenters. The molecule has 1 aromatic carbocycles. The lowest BCUT2D eigenvalue weighted by Crippen LogP contribution is -2.33. The minimum Gasteiger partial charge on any atom is -0.393 e. The van der Waals surface area contributed by atoms with E-state index in [4.69, 9.17) is 22.7 Å². The molecular formula is C14H20N2O2S. The zero-order valence-corrected chi connectivity index (χ0v) is 12.2. The molecule has 0 saturated heterocycles. The van der Waals surface area contributed by atoms with Gasteiger partial charge in [-0.1, -0.05) is 42.5 Å². The summed E-state index contributed by atoms with van der Waals surface area (Å²) in [7, 11) is 1.72. The summed E-state index contributed by atoms with van der Waals surface area (Å²) >= 11 is 4.78. The molecular weight excluding hydrogens is 260 g/mol. The van der Waals surface area contributed by atoms with Gasteiger partial charge in [0.15, 0.2) is 0 Å². The Bertz CT molecular complexity index is 423. The first-order valence-electron chi connectivity index (χ1n) is 6.19. The van der Waals surface area contributed by atoms with E-state index in [0.29, 0.717) is 18.0 Å². The van der Waals surface area contributed by atoms with Crippen molar-refractivity contribution >= 4 is 23.1 Å². The van der Waals surface area contributed by atoms with Crippen LogP contribution in [0.3, 0.4) is 0 Å². The third-order valence-corrected chi connectivity index (χ3v) is 3.05. The second-order valence-electron chi connectivity index (χ2n) is 4.40. The highest BCUT2D eigenvalue weighted by molar-refractivity contribution is 7.80. The van der Waals surface area contributed by atoms with Crippen molar-refractivity contribution in [2.75, 3.05) is 20.2 Å². The third kappa shape index (κ3) is 5.81. The lowest BCUT2D eigenvalue weighted by Gasteiger charge is -2.19. The number of carbonyl (C=O) groups excluding carboxylic acids is 1. The Hall–Kier alpha value is -1.46. The number of amides is 1. The van der Waals surface area contributed by atoms with Crippen LogP contribution in [0.4, 0.5) is 0 Å². The molecule has 1 aromatic rings. The van der Waals surface area contributed by atoms with Crippen LogP contribution in [0.25, 0.3) is 0 Å². The number of ether oxygens (including phenoxy) is 1. The number of nitrogens with zero attached hydrogens (tertiary/aromatic N) is 1. The van der Waals surface area contributed by atoms with Gasteiger partial charge in [-0.3, -0.25) is 4.79 Å². The van der Waals surface area contributed by atoms with E-state index in [-0.39, 0.29) is 18.6 Å². The molecule has 19 heavy (non-hydrogen) atoms. The average molecular weight is 280 g/mol. The first-order valence-corrected chi connectivity index (χ1v) is 6.60. The molecule has 0 aliphatic carbocycles. The Kier molecular flexibility index (Phi) is 6.45. The van der Waals surface area contributed by atoms with E-state index in [9.17, 15) is 4.79 Å². The van der Waals surface area contributed by atoms with Crippen LogP contribution >= 0.6 is 12.2 Å². The maximum atomic E-state index is 11.8. The van der Waals surface area contributed by atoms with E-state index in [1.807, 2.05) is 37.3 Å². The summed E-state index contributed by atoms with van der Waals surface area (Å²) in [6.45, 7) is 2.51. The summed E-state index contributed by atoms with van der Waals surface area (Å²) in [6.07, 6.45) is 0.431. The van der Waals surface area contributed by atoms with Crippen molar-refractivity contribution in [1.82, 2.24) is 4.90 Å². The SMILES string of the molecule is CC(OCC(=O)N(C)CCC(N)=S)c1ccccc1. The van der Waals surface area contributed by atoms with E-state index in [0.717, 1.165) is 5.56 Å². The van der Waals surface area contributed by atoms with Gasteiger partial charge in [0.05, 0.1) is 11.1 Å². The molecule has 1 amide bonds. The maximum absolute atomic E-state index is 11.8. The lowest BCUT2D eigenvalue weighted by molar-refractivity contribution is -0.136. The smallest absolute Gasteiger partial charge is 0.248 e. The van der Waals surface area contributed by atoms with Crippen LogP contribution < -0.4 is 5.73 Å². The van der Waals surface area contributed by atoms with Gasteiger partial charge in [0.25, 0.3) is 0 Å². The Labute approximate surface area is 119 Å². The summed E-state index contributed by atoms with van der Waals surface area (Å²) < 4.78 is 5.56. The van der Waals surface area contributed by atoms with Gasteiger partial charge in [-0.25, -0.2) is 0 Å². The van der Waals surface area contributed by atoms with Crippen LogP contribution in [0.15, 0.2) is 30.3 Å². The summed E-state index contributed by atoms with van der Waals surface area (Å²) in [6, 6.07) is 9.80. The first kappa shape index (κ1) is 15.6. The molecule has 0 spiro atoms. The largest absolute Gasteiger partial charge is 0.393 e. The van der Waals surface area contributed by atoms with E-state index in [1.54, 1.807) is 11.9 Å². The highest BCUT2D eigenvalue weighted by atomic mass is 32.1. The zero-order chi connectivity index (χ0) is 14.3. The van der Waals surface area contributed by atoms with E-state index < -0.39 is 0 Å². The summed E-state index contributed by atoms with van der Waals surface area (Å²) in [4.78, 5) is 13.8. The van der Waals surface area contributed by atoms with Crippen LogP contribution in [-0.4, -0.2) is 36.0 Å². The maximum Gasteiger partial charge on any atom is 0.248 e. The van der Waals surface area contributed by atoms with Crippen LogP contribution in [0.1, 0.15) is 25.0 Å². The van der Waals surface area contributed by atoms with Gasteiger partial charge in [-0.15, -0.1) is 0 Å². The fraction of sp³-hybridized carbons (Fsp3) is 0.429. The van der Waals surface area contributed by atoms with Crippen molar-refractivity contribution in [3.8, 4) is 0 Å². The molecule has 0 bridgehead atoms. The van der Waals surface area contributed by atoms with Crippen molar-refractivity contribution in [3.63, 3.8) is 0 Å². The van der Waals surface area contributed by atoms with Crippen LogP contribution in [0.2, 0.25) is 0 Å². The van der Waals surface area contributed by atoms with E-state index in [1.165, 1.54) is 0 Å². The van der Waals surface area contributed by atoms with Gasteiger partial charge in [0.2, 0.25) is 5.91 Å². The Morgan fingerprint density at radius 2 is 2.05 bits per heavy atom. The number of rotatable bonds is 7. The standard InChI is InChI=1S/C14H20N2O2S/c1-11(12-6-4-3-5-7-12)18-10-14(17)16(2)9-8-13(15)19/h3-7,11H,8-10H2,1-2H3,(H2,15,19). The van der Waals surface area contributed by atoms with Crippen molar-refractivity contribution < 1.29 is 9.53 Å². The molecule has 1 unspecified atom stereocenters. The molecule has 0 aliphatic heterocycles. The average Bonchev–Trinajstić information content (AvgIpc) is 2.42. The van der Waals surface area contributed by atoms with Crippen molar-refractivity contribution in [2.45, 2.75) is 19.4 Å². The van der Waals surface area contributed by atoms with Crippen LogP contribution in [0, 0.1) is 0 Å². The molecule has 1 rings (SSSR count). The fourth-order valence-corrected chi connectivity index (χ4v) is 1.62. The highest BCUT2D eigenvalue weighted by Crippen LogP contribution is 2.15. The Morgan fingerprint density at radius 1 is 1.42 bits per heavy atom. The third-order valence-electron chi connectivity index (χ3n) is 2.85. The van der Waals surface area contributed by atoms with Crippen molar-refractivity contribution in [3.05, 3.63) is 35.9 Å². The molecule has 104 valence electrons. The number of hydrogen-bond acceptors (Lipinski definition) is 3. The molecule has 4 nitrogen and oxygen atoms in total. The number of benzene rings is 1. The van der Waals surface area contributed by atoms with E-state index in [2.05, 4.69) is 0 Å². The van der Waals surface area contributed by atoms with Gasteiger partial charge in [0, 0.05) is 20.0 Å². The predicted octanol–water partition coefficient (Wildman–Crippen LogP) is 1.90. The highest BCUT2D eigenvalue weighted by Gasteiger charge is 2.12. The first-order chi connectivity index (χ1) is 9.00. The van der Waals surface area contributed by atoms with Gasteiger partial charge in [-0.05, 0) is 12.5 Å². The minimum atomic E-state index is -0.103. The van der Waals surface area contributed by atoms with Gasteiger partial charge in [-0.2, -0.15) is 0 Å². The second-order valence-corrected chi connectivity index (χ2v) is 4.92. The molecule has 0 radical (unpaired) electrons. The second kappa shape index (κ2) is 7.86. The molecule has 0 fully saturated rings. The number of carbonyl (C=O) groups is 1. The molecule has 0 saturated carbocycles. The Balaban J connectivity index is 2.35. The molecule has 0 heterocycles. The monoisotopic (exact) mass is 280 g/mol. The number of likely N-dealkylation sites (N-methyl/N-ethyl adjacent to an activating group) is 1. The number of thiocarbonyl (C=S) groups is 1. The summed E-state index contributed by atoms with van der Waals surface area (Å²) in [5, 5.41) is 0. The fourth-order valence-electron chi connectivity index (χ4n) is 1.53. The Morgan fingerprint density at radius 3 is 2.63 bits per heavy atom. The van der Waals surface area contributed by atoms with Crippen molar-refractivity contribution in [2.24, 2.45) is 5.73 Å². The topological polar surface area (TPSA) is 55.6 Å².